The number of hydrogen-bond donors (Lipinski definition) is 2. The van der Waals surface area contributed by atoms with Gasteiger partial charge in [0.2, 0.25) is 0 Å². The van der Waals surface area contributed by atoms with Crippen LogP contribution in [-0.2, 0) is 20.4 Å². The maximum atomic E-state index is 13.4. The molecule has 0 unspecified atom stereocenters. The van der Waals surface area contributed by atoms with E-state index < -0.39 is 35.4 Å². The number of esters is 1. The Hall–Kier alpha value is -2.49. The molecule has 3 atom stereocenters. The first-order valence-corrected chi connectivity index (χ1v) is 9.97. The van der Waals surface area contributed by atoms with Crippen LogP contribution in [0.5, 0.6) is 0 Å². The van der Waals surface area contributed by atoms with Gasteiger partial charge in [0, 0.05) is 11.7 Å². The van der Waals surface area contributed by atoms with Crippen molar-refractivity contribution in [3.8, 4) is 0 Å². The molecule has 1 saturated heterocycles. The van der Waals surface area contributed by atoms with Crippen molar-refractivity contribution in [2.24, 2.45) is 0 Å². The van der Waals surface area contributed by atoms with Crippen LogP contribution >= 0.6 is 0 Å². The first kappa shape index (κ1) is 24.8. The van der Waals surface area contributed by atoms with E-state index in [0.29, 0.717) is 12.8 Å². The average molecular weight is 446 g/mol. The molecular weight excluding hydrogens is 417 g/mol. The Labute approximate surface area is 179 Å². The molecule has 2 N–H and O–H groups in total. The number of ether oxygens (including phenoxy) is 3. The number of benzene rings is 1. The van der Waals surface area contributed by atoms with Crippen LogP contribution in [0.1, 0.15) is 56.5 Å². The molecule has 174 valence electrons. The summed E-state index contributed by atoms with van der Waals surface area (Å²) in [6.45, 7) is 7.20. The largest absolute Gasteiger partial charge is 0.465 e. The van der Waals surface area contributed by atoms with Crippen molar-refractivity contribution in [2.75, 3.05) is 19.0 Å². The second-order valence-corrected chi connectivity index (χ2v) is 8.48. The van der Waals surface area contributed by atoms with Gasteiger partial charge in [-0.15, -0.1) is 0 Å². The van der Waals surface area contributed by atoms with Crippen molar-refractivity contribution in [1.82, 2.24) is 5.32 Å². The van der Waals surface area contributed by atoms with Gasteiger partial charge in [0.05, 0.1) is 37.0 Å². The van der Waals surface area contributed by atoms with Gasteiger partial charge in [-0.05, 0) is 58.7 Å². The van der Waals surface area contributed by atoms with Gasteiger partial charge in [-0.3, -0.25) is 0 Å². The number of rotatable bonds is 5. The summed E-state index contributed by atoms with van der Waals surface area (Å²) < 4.78 is 55.8. The third-order valence-corrected chi connectivity index (χ3v) is 4.72. The molecule has 7 nitrogen and oxygen atoms in total. The fraction of sp³-hybridized carbons (Fsp3) is 0.619. The fourth-order valence-corrected chi connectivity index (χ4v) is 3.25. The van der Waals surface area contributed by atoms with E-state index in [1.54, 1.807) is 27.7 Å². The van der Waals surface area contributed by atoms with Gasteiger partial charge in [-0.25, -0.2) is 9.59 Å². The Morgan fingerprint density at radius 2 is 1.87 bits per heavy atom. The van der Waals surface area contributed by atoms with E-state index in [2.05, 4.69) is 15.4 Å². The summed E-state index contributed by atoms with van der Waals surface area (Å²) in [7, 11) is 1.16. The SMILES string of the molecule is COC(=O)c1ccc(C(F)(F)F)c(N[C@@H](C)[C@@H]2CC[C@@H](NC(=O)OC(C)(C)C)CO2)c1. The monoisotopic (exact) mass is 446 g/mol. The predicted octanol–water partition coefficient (Wildman–Crippen LogP) is 4.36. The summed E-state index contributed by atoms with van der Waals surface area (Å²) in [6, 6.07) is 2.34. The standard InChI is InChI=1S/C21H29F3N2O5/c1-12(17-9-7-14(11-30-17)26-19(28)31-20(2,3)4)25-16-10-13(18(27)29-5)6-8-15(16)21(22,23)24/h6,8,10,12,14,17,25H,7,9,11H2,1-5H3,(H,26,28)/t12-,14+,17-/m0/s1. The molecule has 1 amide bonds. The number of amides is 1. The molecule has 0 spiro atoms. The predicted molar refractivity (Wildman–Crippen MR) is 108 cm³/mol. The summed E-state index contributed by atoms with van der Waals surface area (Å²) in [5.41, 5.74) is -1.71. The minimum atomic E-state index is -4.59. The molecule has 1 fully saturated rings. The smallest absolute Gasteiger partial charge is 0.418 e. The zero-order valence-corrected chi connectivity index (χ0v) is 18.3. The number of anilines is 1. The Bertz CT molecular complexity index is 784. The topological polar surface area (TPSA) is 85.9 Å². The van der Waals surface area contributed by atoms with Crippen molar-refractivity contribution >= 4 is 17.7 Å². The lowest BCUT2D eigenvalue weighted by Gasteiger charge is -2.34. The molecule has 0 bridgehead atoms. The number of alkyl carbamates (subject to hydrolysis) is 1. The number of nitrogens with one attached hydrogen (secondary N) is 2. The number of carbonyl (C=O) groups excluding carboxylic acids is 2. The van der Waals surface area contributed by atoms with Crippen molar-refractivity contribution in [3.05, 3.63) is 29.3 Å². The Morgan fingerprint density at radius 1 is 1.19 bits per heavy atom. The van der Waals surface area contributed by atoms with Crippen LogP contribution in [0.2, 0.25) is 0 Å². The molecule has 1 aromatic rings. The molecule has 0 aromatic heterocycles. The summed E-state index contributed by atoms with van der Waals surface area (Å²) in [6.07, 6.45) is -4.40. The number of halogens is 3. The first-order valence-electron chi connectivity index (χ1n) is 9.97. The lowest BCUT2D eigenvalue weighted by atomic mass is 9.99. The molecular formula is C21H29F3N2O5. The van der Waals surface area contributed by atoms with Crippen molar-refractivity contribution in [2.45, 2.75) is 70.5 Å². The molecule has 1 aliphatic heterocycles. The second kappa shape index (κ2) is 9.76. The third kappa shape index (κ3) is 7.30. The maximum Gasteiger partial charge on any atom is 0.418 e. The van der Waals surface area contributed by atoms with E-state index in [9.17, 15) is 22.8 Å². The number of methoxy groups -OCH3 is 1. The van der Waals surface area contributed by atoms with Crippen molar-refractivity contribution in [3.63, 3.8) is 0 Å². The van der Waals surface area contributed by atoms with Gasteiger partial charge in [0.1, 0.15) is 5.60 Å². The molecule has 1 aliphatic rings. The van der Waals surface area contributed by atoms with Gasteiger partial charge >= 0.3 is 18.2 Å². The maximum absolute atomic E-state index is 13.4. The highest BCUT2D eigenvalue weighted by atomic mass is 19.4. The quantitative estimate of drug-likeness (QED) is 0.654. The summed E-state index contributed by atoms with van der Waals surface area (Å²) >= 11 is 0. The van der Waals surface area contributed by atoms with E-state index >= 15 is 0 Å². The Kier molecular flexibility index (Phi) is 7.80. The number of hydrogen-bond acceptors (Lipinski definition) is 6. The lowest BCUT2D eigenvalue weighted by molar-refractivity contribution is -0.137. The van der Waals surface area contributed by atoms with E-state index in [1.165, 1.54) is 0 Å². The fourth-order valence-electron chi connectivity index (χ4n) is 3.25. The van der Waals surface area contributed by atoms with E-state index in [4.69, 9.17) is 9.47 Å². The highest BCUT2D eigenvalue weighted by Gasteiger charge is 2.35. The molecule has 0 saturated carbocycles. The van der Waals surface area contributed by atoms with Crippen LogP contribution in [0.15, 0.2) is 18.2 Å². The molecule has 10 heteroatoms. The lowest BCUT2D eigenvalue weighted by Crippen LogP contribution is -2.47. The number of carbonyl (C=O) groups is 2. The molecule has 0 radical (unpaired) electrons. The van der Waals surface area contributed by atoms with Crippen molar-refractivity contribution < 1.29 is 37.0 Å². The Balaban J connectivity index is 2.02. The van der Waals surface area contributed by atoms with Crippen LogP contribution < -0.4 is 10.6 Å². The van der Waals surface area contributed by atoms with E-state index in [-0.39, 0.29) is 30.0 Å². The molecule has 1 heterocycles. The van der Waals surface area contributed by atoms with Gasteiger partial charge in [0.15, 0.2) is 0 Å². The van der Waals surface area contributed by atoms with Gasteiger partial charge in [-0.1, -0.05) is 0 Å². The minimum absolute atomic E-state index is 0.0105. The van der Waals surface area contributed by atoms with Gasteiger partial charge in [0.25, 0.3) is 0 Å². The molecule has 2 rings (SSSR count). The first-order chi connectivity index (χ1) is 14.3. The van der Waals surface area contributed by atoms with Crippen LogP contribution in [0, 0.1) is 0 Å². The zero-order chi connectivity index (χ0) is 23.4. The van der Waals surface area contributed by atoms with Gasteiger partial charge in [-0.2, -0.15) is 13.2 Å². The van der Waals surface area contributed by atoms with Crippen LogP contribution in [0.25, 0.3) is 0 Å². The highest BCUT2D eigenvalue weighted by Crippen LogP contribution is 2.36. The normalized spacial score (nSPS) is 20.5. The van der Waals surface area contributed by atoms with Crippen LogP contribution in [0.3, 0.4) is 0 Å². The second-order valence-electron chi connectivity index (χ2n) is 8.48. The Morgan fingerprint density at radius 3 is 2.39 bits per heavy atom. The van der Waals surface area contributed by atoms with E-state index in [1.807, 2.05) is 0 Å². The summed E-state index contributed by atoms with van der Waals surface area (Å²) in [5.74, 6) is -0.727. The molecule has 31 heavy (non-hydrogen) atoms. The summed E-state index contributed by atoms with van der Waals surface area (Å²) in [4.78, 5) is 23.6. The average Bonchev–Trinajstić information content (AvgIpc) is 2.65. The van der Waals surface area contributed by atoms with Crippen LogP contribution in [-0.4, -0.2) is 49.6 Å². The van der Waals surface area contributed by atoms with Crippen molar-refractivity contribution in [1.29, 1.82) is 0 Å². The third-order valence-electron chi connectivity index (χ3n) is 4.72. The zero-order valence-electron chi connectivity index (χ0n) is 18.3. The highest BCUT2D eigenvalue weighted by molar-refractivity contribution is 5.90. The van der Waals surface area contributed by atoms with Gasteiger partial charge < -0.3 is 24.8 Å². The molecule has 0 aliphatic carbocycles. The minimum Gasteiger partial charge on any atom is -0.465 e. The molecule has 1 aromatic carbocycles. The van der Waals surface area contributed by atoms with E-state index in [0.717, 1.165) is 25.3 Å². The van der Waals surface area contributed by atoms with Crippen LogP contribution in [0.4, 0.5) is 23.7 Å². The summed E-state index contributed by atoms with van der Waals surface area (Å²) in [5, 5.41) is 5.56. The number of alkyl halides is 3.